The van der Waals surface area contributed by atoms with Gasteiger partial charge < -0.3 is 9.64 Å². The van der Waals surface area contributed by atoms with Crippen molar-refractivity contribution in [1.82, 2.24) is 0 Å². The number of halogens is 1. The molecule has 2 nitrogen and oxygen atoms in total. The predicted molar refractivity (Wildman–Crippen MR) is 87.8 cm³/mol. The van der Waals surface area contributed by atoms with Gasteiger partial charge in [0.25, 0.3) is 0 Å². The van der Waals surface area contributed by atoms with Gasteiger partial charge in [-0.3, -0.25) is 0 Å². The van der Waals surface area contributed by atoms with Crippen molar-refractivity contribution in [3.63, 3.8) is 0 Å². The molecule has 1 aliphatic heterocycles. The molecule has 0 radical (unpaired) electrons. The molecule has 1 saturated heterocycles. The zero-order valence-corrected chi connectivity index (χ0v) is 14.0. The first-order valence-corrected chi connectivity index (χ1v) is 8.54. The number of quaternary nitrogens is 1. The van der Waals surface area contributed by atoms with Gasteiger partial charge in [-0.05, 0) is 66.3 Å². The van der Waals surface area contributed by atoms with Crippen molar-refractivity contribution >= 4 is 22.6 Å². The highest BCUT2D eigenvalue weighted by atomic mass is 127. The van der Waals surface area contributed by atoms with E-state index in [1.807, 2.05) is 6.07 Å². The fourth-order valence-corrected chi connectivity index (χ4v) is 3.18. The van der Waals surface area contributed by atoms with Gasteiger partial charge >= 0.3 is 0 Å². The number of benzene rings is 1. The quantitative estimate of drug-likeness (QED) is 0.597. The molecule has 0 saturated carbocycles. The summed E-state index contributed by atoms with van der Waals surface area (Å²) in [4.78, 5) is 1.80. The Kier molecular flexibility index (Phi) is 6.44. The molecule has 106 valence electrons. The highest BCUT2D eigenvalue weighted by Crippen LogP contribution is 2.19. The first kappa shape index (κ1) is 15.1. The van der Waals surface area contributed by atoms with E-state index in [-0.39, 0.29) is 0 Å². The van der Waals surface area contributed by atoms with Crippen molar-refractivity contribution in [3.8, 4) is 5.75 Å². The minimum atomic E-state index is 0.851. The molecule has 2 rings (SSSR count). The summed E-state index contributed by atoms with van der Waals surface area (Å²) in [7, 11) is 0. The molecule has 0 aliphatic carbocycles. The van der Waals surface area contributed by atoms with Gasteiger partial charge in [-0.25, -0.2) is 0 Å². The second-order valence-electron chi connectivity index (χ2n) is 5.67. The van der Waals surface area contributed by atoms with Crippen molar-refractivity contribution in [2.75, 3.05) is 26.2 Å². The molecule has 0 spiro atoms. The van der Waals surface area contributed by atoms with E-state index in [2.05, 4.69) is 47.7 Å². The average Bonchev–Trinajstić information content (AvgIpc) is 2.42. The van der Waals surface area contributed by atoms with Crippen LogP contribution in [0.3, 0.4) is 0 Å². The van der Waals surface area contributed by atoms with Gasteiger partial charge in [0.1, 0.15) is 5.75 Å². The van der Waals surface area contributed by atoms with E-state index in [1.165, 1.54) is 48.9 Å². The second kappa shape index (κ2) is 8.10. The van der Waals surface area contributed by atoms with Gasteiger partial charge in [0.05, 0.1) is 29.8 Å². The molecule has 0 atom stereocenters. The van der Waals surface area contributed by atoms with Crippen molar-refractivity contribution in [3.05, 3.63) is 27.8 Å². The minimum Gasteiger partial charge on any atom is -0.492 e. The summed E-state index contributed by atoms with van der Waals surface area (Å²) >= 11 is 2.33. The van der Waals surface area contributed by atoms with Crippen LogP contribution in [0, 0.1) is 9.49 Å². The molecule has 1 aromatic carbocycles. The van der Waals surface area contributed by atoms with Gasteiger partial charge in [-0.15, -0.1) is 0 Å². The van der Waals surface area contributed by atoms with Crippen LogP contribution in [0.5, 0.6) is 5.75 Å². The van der Waals surface area contributed by atoms with Crippen LogP contribution in [0.4, 0.5) is 0 Å². The van der Waals surface area contributed by atoms with Gasteiger partial charge in [0, 0.05) is 0 Å². The lowest BCUT2D eigenvalue weighted by molar-refractivity contribution is -0.906. The van der Waals surface area contributed by atoms with E-state index in [4.69, 9.17) is 4.74 Å². The van der Waals surface area contributed by atoms with E-state index in [0.717, 1.165) is 18.3 Å². The van der Waals surface area contributed by atoms with Crippen molar-refractivity contribution in [2.24, 2.45) is 5.92 Å². The second-order valence-corrected chi connectivity index (χ2v) is 6.83. The number of para-hydroxylation sites is 1. The Morgan fingerprint density at radius 1 is 1.21 bits per heavy atom. The first-order chi connectivity index (χ1) is 9.25. The third-order valence-corrected chi connectivity index (χ3v) is 4.89. The molecule has 19 heavy (non-hydrogen) atoms. The number of rotatable bonds is 6. The summed E-state index contributed by atoms with van der Waals surface area (Å²) < 4.78 is 7.03. The Hall–Kier alpha value is -0.290. The maximum atomic E-state index is 5.83. The smallest absolute Gasteiger partial charge is 0.132 e. The fraction of sp³-hybridized carbons (Fsp3) is 0.625. The SMILES string of the molecule is CC1CC[NH+](CCCCOc2ccccc2I)CC1. The normalized spacial score (nSPS) is 23.3. The summed E-state index contributed by atoms with van der Waals surface area (Å²) in [6, 6.07) is 8.24. The van der Waals surface area contributed by atoms with Gasteiger partial charge in [0.15, 0.2) is 0 Å². The van der Waals surface area contributed by atoms with Crippen LogP contribution < -0.4 is 9.64 Å². The monoisotopic (exact) mass is 374 g/mol. The molecule has 1 aromatic rings. The molecule has 0 unspecified atom stereocenters. The Balaban J connectivity index is 1.56. The fourth-order valence-electron chi connectivity index (χ4n) is 2.64. The van der Waals surface area contributed by atoms with Crippen LogP contribution in [0.25, 0.3) is 0 Å². The molecule has 0 bridgehead atoms. The number of nitrogens with one attached hydrogen (secondary N) is 1. The number of likely N-dealkylation sites (tertiary alicyclic amines) is 1. The summed E-state index contributed by atoms with van der Waals surface area (Å²) in [5.41, 5.74) is 0. The molecular weight excluding hydrogens is 349 g/mol. The standard InChI is InChI=1S/C16H24INO/c1-14-8-11-18(12-9-14)10-4-5-13-19-16-7-3-2-6-15(16)17/h2-3,6-7,14H,4-5,8-13H2,1H3/p+1. The highest BCUT2D eigenvalue weighted by molar-refractivity contribution is 14.1. The van der Waals surface area contributed by atoms with Crippen LogP contribution in [0.1, 0.15) is 32.6 Å². The summed E-state index contributed by atoms with van der Waals surface area (Å²) in [5.74, 6) is 1.98. The van der Waals surface area contributed by atoms with E-state index >= 15 is 0 Å². The van der Waals surface area contributed by atoms with Crippen LogP contribution in [0.15, 0.2) is 24.3 Å². The van der Waals surface area contributed by atoms with Crippen LogP contribution in [-0.2, 0) is 0 Å². The predicted octanol–water partition coefficient (Wildman–Crippen LogP) is 2.77. The Bertz CT molecular complexity index is 375. The van der Waals surface area contributed by atoms with E-state index in [9.17, 15) is 0 Å². The van der Waals surface area contributed by atoms with E-state index < -0.39 is 0 Å². The van der Waals surface area contributed by atoms with Gasteiger partial charge in [0.2, 0.25) is 0 Å². The molecule has 1 heterocycles. The van der Waals surface area contributed by atoms with Crippen LogP contribution >= 0.6 is 22.6 Å². The maximum Gasteiger partial charge on any atom is 0.132 e. The molecule has 1 fully saturated rings. The zero-order chi connectivity index (χ0) is 13.5. The molecule has 0 amide bonds. The lowest BCUT2D eigenvalue weighted by atomic mass is 9.99. The van der Waals surface area contributed by atoms with Crippen molar-refractivity contribution < 1.29 is 9.64 Å². The summed E-state index contributed by atoms with van der Waals surface area (Å²) in [5, 5.41) is 0. The average molecular weight is 374 g/mol. The molecule has 1 N–H and O–H groups in total. The third-order valence-electron chi connectivity index (χ3n) is 4.00. The number of piperidine rings is 1. The Labute approximate surface area is 130 Å². The lowest BCUT2D eigenvalue weighted by Gasteiger charge is -2.27. The maximum absolute atomic E-state index is 5.83. The summed E-state index contributed by atoms with van der Waals surface area (Å²) in [6.07, 6.45) is 5.28. The first-order valence-electron chi connectivity index (χ1n) is 7.46. The minimum absolute atomic E-state index is 0.851. The van der Waals surface area contributed by atoms with E-state index in [1.54, 1.807) is 4.90 Å². The molecular formula is C16H25INO+. The number of unbranched alkanes of at least 4 members (excludes halogenated alkanes) is 1. The van der Waals surface area contributed by atoms with Crippen molar-refractivity contribution in [2.45, 2.75) is 32.6 Å². The topological polar surface area (TPSA) is 13.7 Å². The largest absolute Gasteiger partial charge is 0.492 e. The highest BCUT2D eigenvalue weighted by Gasteiger charge is 2.17. The zero-order valence-electron chi connectivity index (χ0n) is 11.8. The number of hydrogen-bond donors (Lipinski definition) is 1. The molecule has 0 aromatic heterocycles. The lowest BCUT2D eigenvalue weighted by Crippen LogP contribution is -3.13. The van der Waals surface area contributed by atoms with E-state index in [0.29, 0.717) is 0 Å². The molecule has 3 heteroatoms. The summed E-state index contributed by atoms with van der Waals surface area (Å²) in [6.45, 7) is 7.30. The Morgan fingerprint density at radius 2 is 1.95 bits per heavy atom. The van der Waals surface area contributed by atoms with Gasteiger partial charge in [-0.2, -0.15) is 0 Å². The number of ether oxygens (including phenoxy) is 1. The molecule has 1 aliphatic rings. The number of hydrogen-bond acceptors (Lipinski definition) is 1. The van der Waals surface area contributed by atoms with Gasteiger partial charge in [-0.1, -0.05) is 19.1 Å². The van der Waals surface area contributed by atoms with Crippen LogP contribution in [0.2, 0.25) is 0 Å². The van der Waals surface area contributed by atoms with Crippen molar-refractivity contribution in [1.29, 1.82) is 0 Å². The third kappa shape index (κ3) is 5.30. The Morgan fingerprint density at radius 3 is 2.68 bits per heavy atom. The van der Waals surface area contributed by atoms with Crippen LogP contribution in [-0.4, -0.2) is 26.2 Å².